The van der Waals surface area contributed by atoms with Crippen LogP contribution in [0.15, 0.2) is 29.4 Å². The highest BCUT2D eigenvalue weighted by Gasteiger charge is 2.04. The lowest BCUT2D eigenvalue weighted by Gasteiger charge is -2.14. The Balaban J connectivity index is 2.72. The predicted octanol–water partition coefficient (Wildman–Crippen LogP) is 0.793. The summed E-state index contributed by atoms with van der Waals surface area (Å²) in [5.41, 5.74) is 5.91. The van der Waals surface area contributed by atoms with Crippen molar-refractivity contribution in [2.75, 3.05) is 13.2 Å². The van der Waals surface area contributed by atoms with Crippen molar-refractivity contribution in [3.05, 3.63) is 34.9 Å². The van der Waals surface area contributed by atoms with Crippen molar-refractivity contribution in [1.29, 1.82) is 5.41 Å². The molecule has 6 nitrogen and oxygen atoms in total. The molecule has 92 valence electrons. The Labute approximate surface area is 104 Å². The number of guanidine groups is 1. The number of rotatable bonds is 5. The first-order chi connectivity index (χ1) is 8.15. The zero-order valence-corrected chi connectivity index (χ0v) is 9.76. The molecular formula is C10H13ClN4O2. The molecule has 0 amide bonds. The smallest absolute Gasteiger partial charge is 0.236 e. The van der Waals surface area contributed by atoms with Gasteiger partial charge in [-0.1, -0.05) is 29.8 Å². The van der Waals surface area contributed by atoms with Crippen LogP contribution in [0.4, 0.5) is 0 Å². The van der Waals surface area contributed by atoms with Gasteiger partial charge in [0, 0.05) is 10.6 Å². The number of nitrogens with one attached hydrogen (secondary N) is 1. The molecule has 0 radical (unpaired) electrons. The number of aliphatic hydroxyl groups is 1. The lowest BCUT2D eigenvalue weighted by atomic mass is 10.2. The molecule has 0 atom stereocenters. The maximum Gasteiger partial charge on any atom is 0.236 e. The highest BCUT2D eigenvalue weighted by atomic mass is 35.5. The third-order valence-corrected chi connectivity index (χ3v) is 2.06. The molecule has 0 aliphatic rings. The number of aliphatic hydroxyl groups excluding tert-OH is 1. The molecule has 17 heavy (non-hydrogen) atoms. The Morgan fingerprint density at radius 1 is 1.59 bits per heavy atom. The quantitative estimate of drug-likeness (QED) is 0.412. The first-order valence-electron chi connectivity index (χ1n) is 4.81. The first kappa shape index (κ1) is 13.4. The molecule has 0 aromatic heterocycles. The number of nitrogens with two attached hydrogens (primary N) is 1. The largest absolute Gasteiger partial charge is 0.394 e. The van der Waals surface area contributed by atoms with Gasteiger partial charge in [0.1, 0.15) is 6.61 Å². The summed E-state index contributed by atoms with van der Waals surface area (Å²) in [6.45, 7) is -0.190. The highest BCUT2D eigenvalue weighted by Crippen LogP contribution is 2.12. The second-order valence-electron chi connectivity index (χ2n) is 2.98. The fourth-order valence-corrected chi connectivity index (χ4v) is 1.17. The summed E-state index contributed by atoms with van der Waals surface area (Å²) < 4.78 is 0. The molecule has 0 aliphatic heterocycles. The molecule has 0 aliphatic carbocycles. The van der Waals surface area contributed by atoms with Gasteiger partial charge in [0.05, 0.1) is 12.8 Å². The molecule has 1 rings (SSSR count). The van der Waals surface area contributed by atoms with Gasteiger partial charge in [0.15, 0.2) is 0 Å². The van der Waals surface area contributed by atoms with E-state index in [9.17, 15) is 0 Å². The van der Waals surface area contributed by atoms with Gasteiger partial charge >= 0.3 is 0 Å². The second-order valence-corrected chi connectivity index (χ2v) is 3.39. The van der Waals surface area contributed by atoms with E-state index >= 15 is 0 Å². The van der Waals surface area contributed by atoms with Crippen molar-refractivity contribution in [2.24, 2.45) is 10.8 Å². The van der Waals surface area contributed by atoms with Gasteiger partial charge in [-0.3, -0.25) is 5.41 Å². The van der Waals surface area contributed by atoms with Crippen LogP contribution in [-0.2, 0) is 4.84 Å². The molecule has 7 heteroatoms. The maximum atomic E-state index is 8.59. The van der Waals surface area contributed by atoms with E-state index in [-0.39, 0.29) is 19.2 Å². The maximum absolute atomic E-state index is 8.59. The Hall–Kier alpha value is -1.63. The molecular weight excluding hydrogens is 244 g/mol. The summed E-state index contributed by atoms with van der Waals surface area (Å²) in [6, 6.07) is 7.08. The van der Waals surface area contributed by atoms with Crippen molar-refractivity contribution >= 4 is 23.8 Å². The number of halogens is 1. The summed E-state index contributed by atoms with van der Waals surface area (Å²) in [5.74, 6) is -0.387. The van der Waals surface area contributed by atoms with Crippen LogP contribution in [-0.4, -0.2) is 35.7 Å². The van der Waals surface area contributed by atoms with Gasteiger partial charge in [0.25, 0.3) is 0 Å². The highest BCUT2D eigenvalue weighted by molar-refractivity contribution is 6.33. The standard InChI is InChI=1S/C10H13ClN4O2/c11-9-4-2-1-3-8(9)7-14-15(10(12)13)17-6-5-16/h1-4,7,16H,5-6H2,(H3,12,13)/b14-7+. The van der Waals surface area contributed by atoms with Crippen LogP contribution in [0.1, 0.15) is 5.56 Å². The van der Waals surface area contributed by atoms with Gasteiger partial charge in [-0.05, 0) is 6.07 Å². The van der Waals surface area contributed by atoms with Crippen molar-refractivity contribution in [1.82, 2.24) is 5.17 Å². The van der Waals surface area contributed by atoms with Crippen LogP contribution in [0.5, 0.6) is 0 Å². The van der Waals surface area contributed by atoms with E-state index in [0.29, 0.717) is 10.6 Å². The summed E-state index contributed by atoms with van der Waals surface area (Å²) in [7, 11) is 0. The van der Waals surface area contributed by atoms with Gasteiger partial charge in [-0.25, -0.2) is 4.84 Å². The average Bonchev–Trinajstić information content (AvgIpc) is 2.31. The number of hydrazone groups is 1. The normalized spacial score (nSPS) is 10.7. The van der Waals surface area contributed by atoms with Crippen LogP contribution < -0.4 is 5.73 Å². The number of benzene rings is 1. The van der Waals surface area contributed by atoms with E-state index in [0.717, 1.165) is 5.17 Å². The van der Waals surface area contributed by atoms with Crippen molar-refractivity contribution < 1.29 is 9.94 Å². The Morgan fingerprint density at radius 2 is 2.29 bits per heavy atom. The fourth-order valence-electron chi connectivity index (χ4n) is 0.987. The molecule has 0 unspecified atom stereocenters. The number of hydroxylamine groups is 1. The van der Waals surface area contributed by atoms with Crippen molar-refractivity contribution in [3.63, 3.8) is 0 Å². The summed E-state index contributed by atoms with van der Waals surface area (Å²) in [4.78, 5) is 4.91. The zero-order valence-electron chi connectivity index (χ0n) is 9.01. The summed E-state index contributed by atoms with van der Waals surface area (Å²) in [5, 5.41) is 21.0. The van der Waals surface area contributed by atoms with Crippen LogP contribution in [0.25, 0.3) is 0 Å². The van der Waals surface area contributed by atoms with Crippen molar-refractivity contribution in [2.45, 2.75) is 0 Å². The van der Waals surface area contributed by atoms with Gasteiger partial charge in [0.2, 0.25) is 5.96 Å². The molecule has 0 saturated heterocycles. The second kappa shape index (κ2) is 6.85. The minimum absolute atomic E-state index is 0.000554. The van der Waals surface area contributed by atoms with Crippen LogP contribution in [0.2, 0.25) is 5.02 Å². The van der Waals surface area contributed by atoms with Gasteiger partial charge in [-0.15, -0.1) is 5.17 Å². The molecule has 0 bridgehead atoms. The SMILES string of the molecule is N=C(N)N(/N=C/c1ccccc1Cl)OCCO. The van der Waals surface area contributed by atoms with Gasteiger partial charge in [-0.2, -0.15) is 5.10 Å². The zero-order chi connectivity index (χ0) is 12.7. The lowest BCUT2D eigenvalue weighted by molar-refractivity contribution is -0.110. The van der Waals surface area contributed by atoms with E-state index in [1.807, 2.05) is 0 Å². The minimum atomic E-state index is -0.387. The van der Waals surface area contributed by atoms with E-state index in [2.05, 4.69) is 5.10 Å². The molecule has 0 saturated carbocycles. The number of hydrogen-bond acceptors (Lipinski definition) is 4. The molecule has 1 aromatic rings. The number of hydrogen-bond donors (Lipinski definition) is 3. The molecule has 0 heterocycles. The Kier molecular flexibility index (Phi) is 5.41. The van der Waals surface area contributed by atoms with E-state index in [1.165, 1.54) is 6.21 Å². The van der Waals surface area contributed by atoms with E-state index in [4.69, 9.17) is 32.7 Å². The van der Waals surface area contributed by atoms with Crippen LogP contribution >= 0.6 is 11.6 Å². The van der Waals surface area contributed by atoms with Crippen LogP contribution in [0, 0.1) is 5.41 Å². The van der Waals surface area contributed by atoms with Gasteiger partial charge < -0.3 is 10.8 Å². The topological polar surface area (TPSA) is 94.9 Å². The summed E-state index contributed by atoms with van der Waals surface area (Å²) >= 11 is 5.92. The first-order valence-corrected chi connectivity index (χ1v) is 5.19. The average molecular weight is 257 g/mol. The third kappa shape index (κ3) is 4.39. The van der Waals surface area contributed by atoms with E-state index in [1.54, 1.807) is 24.3 Å². The predicted molar refractivity (Wildman–Crippen MR) is 65.8 cm³/mol. The minimum Gasteiger partial charge on any atom is -0.394 e. The number of nitrogens with zero attached hydrogens (tertiary/aromatic N) is 2. The Morgan fingerprint density at radius 3 is 2.88 bits per heavy atom. The van der Waals surface area contributed by atoms with E-state index < -0.39 is 0 Å². The summed E-state index contributed by atoms with van der Waals surface area (Å²) in [6.07, 6.45) is 1.42. The van der Waals surface area contributed by atoms with Crippen molar-refractivity contribution in [3.8, 4) is 0 Å². The van der Waals surface area contributed by atoms with Crippen LogP contribution in [0.3, 0.4) is 0 Å². The molecule has 4 N–H and O–H groups in total. The molecule has 1 aromatic carbocycles. The molecule has 0 spiro atoms. The Bertz CT molecular complexity index is 411. The molecule has 0 fully saturated rings. The fraction of sp³-hybridized carbons (Fsp3) is 0.200. The monoisotopic (exact) mass is 256 g/mol. The lowest BCUT2D eigenvalue weighted by Crippen LogP contribution is -2.33. The third-order valence-electron chi connectivity index (χ3n) is 1.72.